The van der Waals surface area contributed by atoms with E-state index in [4.69, 9.17) is 15.2 Å². The highest BCUT2D eigenvalue weighted by Gasteiger charge is 2.38. The minimum Gasteiger partial charge on any atom is -0.475 e. The summed E-state index contributed by atoms with van der Waals surface area (Å²) in [4.78, 5) is 15.8. The van der Waals surface area contributed by atoms with Crippen molar-refractivity contribution in [2.75, 3.05) is 6.54 Å². The number of imidazole rings is 1. The van der Waals surface area contributed by atoms with E-state index in [2.05, 4.69) is 37.9 Å². The average molecular weight is 446 g/mol. The Balaban J connectivity index is 0.000000360. The number of benzene rings is 1. The zero-order valence-corrected chi connectivity index (χ0v) is 17.0. The standard InChI is InChI=1S/C19H20N6.C2HF3O2/c20-10-16-3-1-4-17(9-16)11-23-12-18(14-25-7-2-5-22-25)13-24-8-6-21-19(24)15-23;3-2(4,5)1(6)7/h1-9,18H,11-15H2;(H,6,7). The second-order valence-corrected chi connectivity index (χ2v) is 7.37. The zero-order valence-electron chi connectivity index (χ0n) is 17.0. The summed E-state index contributed by atoms with van der Waals surface area (Å²) in [6, 6.07) is 12.0. The molecule has 1 aliphatic heterocycles. The number of fused-ring (bicyclic) bond motifs is 1. The van der Waals surface area contributed by atoms with Crippen LogP contribution in [-0.4, -0.2) is 48.0 Å². The monoisotopic (exact) mass is 446 g/mol. The molecular weight excluding hydrogens is 425 g/mol. The predicted molar refractivity (Wildman–Crippen MR) is 107 cm³/mol. The van der Waals surface area contributed by atoms with Crippen molar-refractivity contribution in [2.45, 2.75) is 32.4 Å². The molecule has 3 heterocycles. The van der Waals surface area contributed by atoms with Crippen molar-refractivity contribution in [1.82, 2.24) is 24.2 Å². The van der Waals surface area contributed by atoms with Crippen LogP contribution in [0.5, 0.6) is 0 Å². The molecule has 1 aromatic carbocycles. The van der Waals surface area contributed by atoms with Crippen molar-refractivity contribution in [3.8, 4) is 6.07 Å². The normalized spacial score (nSPS) is 16.2. The largest absolute Gasteiger partial charge is 0.490 e. The summed E-state index contributed by atoms with van der Waals surface area (Å²) in [6.07, 6.45) is 2.69. The molecule has 1 N–H and O–H groups in total. The van der Waals surface area contributed by atoms with E-state index in [1.807, 2.05) is 47.5 Å². The molecule has 1 atom stereocenters. The molecule has 0 radical (unpaired) electrons. The van der Waals surface area contributed by atoms with Crippen molar-refractivity contribution in [2.24, 2.45) is 5.92 Å². The first-order valence-electron chi connectivity index (χ1n) is 9.73. The van der Waals surface area contributed by atoms with Gasteiger partial charge in [-0.15, -0.1) is 0 Å². The van der Waals surface area contributed by atoms with Crippen molar-refractivity contribution in [3.05, 3.63) is 72.1 Å². The van der Waals surface area contributed by atoms with Crippen molar-refractivity contribution in [1.29, 1.82) is 5.26 Å². The number of aliphatic carboxylic acids is 1. The van der Waals surface area contributed by atoms with Crippen LogP contribution in [0.15, 0.2) is 55.1 Å². The number of carboxylic acid groups (broad SMARTS) is 1. The van der Waals surface area contributed by atoms with Gasteiger partial charge in [-0.05, 0) is 23.8 Å². The van der Waals surface area contributed by atoms with Crippen LogP contribution in [0, 0.1) is 17.2 Å². The third-order valence-corrected chi connectivity index (χ3v) is 4.85. The molecule has 32 heavy (non-hydrogen) atoms. The number of nitrogens with zero attached hydrogens (tertiary/aromatic N) is 6. The summed E-state index contributed by atoms with van der Waals surface area (Å²) >= 11 is 0. The predicted octanol–water partition coefficient (Wildman–Crippen LogP) is 2.92. The van der Waals surface area contributed by atoms with Gasteiger partial charge in [-0.2, -0.15) is 23.5 Å². The van der Waals surface area contributed by atoms with E-state index in [1.54, 1.807) is 0 Å². The highest BCUT2D eigenvalue weighted by atomic mass is 19.4. The van der Waals surface area contributed by atoms with Crippen LogP contribution in [0.3, 0.4) is 0 Å². The first kappa shape index (κ1) is 23.0. The van der Waals surface area contributed by atoms with Crippen LogP contribution in [0.4, 0.5) is 13.2 Å². The molecule has 168 valence electrons. The SMILES string of the molecule is N#Cc1cccc(CN2Cc3nccn3CC(Cn3cccn3)C2)c1.O=C(O)C(F)(F)F. The van der Waals surface area contributed by atoms with E-state index in [9.17, 15) is 13.2 Å². The molecular formula is C21H21F3N6O2. The minimum atomic E-state index is -5.08. The van der Waals surface area contributed by atoms with Crippen molar-refractivity contribution < 1.29 is 23.1 Å². The molecule has 0 saturated heterocycles. The number of carboxylic acids is 1. The Morgan fingerprint density at radius 3 is 2.66 bits per heavy atom. The number of aromatic nitrogens is 4. The first-order valence-corrected chi connectivity index (χ1v) is 9.73. The number of hydrogen-bond acceptors (Lipinski definition) is 5. The molecule has 2 aromatic heterocycles. The smallest absolute Gasteiger partial charge is 0.475 e. The van der Waals surface area contributed by atoms with Crippen molar-refractivity contribution in [3.63, 3.8) is 0 Å². The Bertz CT molecular complexity index is 1070. The van der Waals surface area contributed by atoms with Crippen LogP contribution >= 0.6 is 0 Å². The number of hydrogen-bond donors (Lipinski definition) is 1. The topological polar surface area (TPSA) is 100.0 Å². The lowest BCUT2D eigenvalue weighted by molar-refractivity contribution is -0.192. The fourth-order valence-electron chi connectivity index (χ4n) is 3.53. The maximum absolute atomic E-state index is 10.6. The van der Waals surface area contributed by atoms with Gasteiger partial charge in [-0.3, -0.25) is 9.58 Å². The van der Waals surface area contributed by atoms with Gasteiger partial charge in [-0.1, -0.05) is 12.1 Å². The quantitative estimate of drug-likeness (QED) is 0.662. The molecule has 0 bridgehead atoms. The Morgan fingerprint density at radius 1 is 1.22 bits per heavy atom. The molecule has 1 aliphatic rings. The lowest BCUT2D eigenvalue weighted by Gasteiger charge is -2.24. The Morgan fingerprint density at radius 2 is 2.00 bits per heavy atom. The van der Waals surface area contributed by atoms with Gasteiger partial charge in [0, 0.05) is 56.9 Å². The first-order chi connectivity index (χ1) is 15.2. The number of carbonyl (C=O) groups is 1. The molecule has 0 aliphatic carbocycles. The molecule has 0 saturated carbocycles. The van der Waals surface area contributed by atoms with Gasteiger partial charge in [0.05, 0.1) is 18.2 Å². The summed E-state index contributed by atoms with van der Waals surface area (Å²) in [6.45, 7) is 4.45. The van der Waals surface area contributed by atoms with Gasteiger partial charge in [0.25, 0.3) is 0 Å². The summed E-state index contributed by atoms with van der Waals surface area (Å²) in [5, 5.41) is 20.6. The lowest BCUT2D eigenvalue weighted by Crippen LogP contribution is -2.30. The van der Waals surface area contributed by atoms with Gasteiger partial charge in [0.1, 0.15) is 5.82 Å². The van der Waals surface area contributed by atoms with E-state index >= 15 is 0 Å². The number of nitriles is 1. The zero-order chi connectivity index (χ0) is 23.1. The van der Waals surface area contributed by atoms with E-state index in [0.717, 1.165) is 44.1 Å². The fraction of sp³-hybridized carbons (Fsp3) is 0.333. The van der Waals surface area contributed by atoms with Gasteiger partial charge in [0.2, 0.25) is 0 Å². The lowest BCUT2D eigenvalue weighted by atomic mass is 10.1. The Kier molecular flexibility index (Phi) is 7.27. The second-order valence-electron chi connectivity index (χ2n) is 7.37. The summed E-state index contributed by atoms with van der Waals surface area (Å²) in [5.41, 5.74) is 1.87. The molecule has 8 nitrogen and oxygen atoms in total. The maximum Gasteiger partial charge on any atom is 0.490 e. The van der Waals surface area contributed by atoms with Crippen molar-refractivity contribution >= 4 is 5.97 Å². The number of halogens is 3. The Labute approximate surface area is 182 Å². The van der Waals surface area contributed by atoms with Crippen LogP contribution in [-0.2, 0) is 31.0 Å². The molecule has 0 fully saturated rings. The number of rotatable bonds is 4. The summed E-state index contributed by atoms with van der Waals surface area (Å²) in [7, 11) is 0. The molecule has 4 rings (SSSR count). The third-order valence-electron chi connectivity index (χ3n) is 4.85. The minimum absolute atomic E-state index is 0.453. The highest BCUT2D eigenvalue weighted by molar-refractivity contribution is 5.73. The van der Waals surface area contributed by atoms with Crippen LogP contribution < -0.4 is 0 Å². The average Bonchev–Trinajstić information content (AvgIpc) is 3.37. The van der Waals surface area contributed by atoms with Crippen LogP contribution in [0.2, 0.25) is 0 Å². The summed E-state index contributed by atoms with van der Waals surface area (Å²) < 4.78 is 36.0. The molecule has 1 unspecified atom stereocenters. The van der Waals surface area contributed by atoms with E-state index < -0.39 is 12.1 Å². The molecule has 3 aromatic rings. The molecule has 0 spiro atoms. The molecule has 0 amide bonds. The van der Waals surface area contributed by atoms with Gasteiger partial charge < -0.3 is 9.67 Å². The Hall–Kier alpha value is -3.65. The third kappa shape index (κ3) is 6.42. The number of alkyl halides is 3. The van der Waals surface area contributed by atoms with Crippen LogP contribution in [0.1, 0.15) is 17.0 Å². The molecule has 11 heteroatoms. The van der Waals surface area contributed by atoms with Gasteiger partial charge in [0.15, 0.2) is 0 Å². The summed E-state index contributed by atoms with van der Waals surface area (Å²) in [5.74, 6) is -1.21. The second kappa shape index (κ2) is 10.1. The van der Waals surface area contributed by atoms with Crippen LogP contribution in [0.25, 0.3) is 0 Å². The van der Waals surface area contributed by atoms with Gasteiger partial charge >= 0.3 is 12.1 Å². The van der Waals surface area contributed by atoms with Gasteiger partial charge in [-0.25, -0.2) is 9.78 Å². The maximum atomic E-state index is 10.6. The van der Waals surface area contributed by atoms with E-state index in [1.165, 1.54) is 0 Å². The van der Waals surface area contributed by atoms with E-state index in [0.29, 0.717) is 11.5 Å². The fourth-order valence-corrected chi connectivity index (χ4v) is 3.53. The highest BCUT2D eigenvalue weighted by Crippen LogP contribution is 2.19. The van der Waals surface area contributed by atoms with E-state index in [-0.39, 0.29) is 0 Å².